The monoisotopic (exact) mass is 667 g/mol. The van der Waals surface area contributed by atoms with Gasteiger partial charge < -0.3 is 34.3 Å². The molecule has 10 nitrogen and oxygen atoms in total. The Hall–Kier alpha value is -4.03. The van der Waals surface area contributed by atoms with Gasteiger partial charge in [-0.15, -0.1) is 0 Å². The molecule has 2 fully saturated rings. The molecule has 2 aromatic carbocycles. The Bertz CT molecular complexity index is 1540. The lowest BCUT2D eigenvalue weighted by molar-refractivity contribution is 0.0238. The number of aliphatic hydroxyl groups is 1. The van der Waals surface area contributed by atoms with Crippen LogP contribution in [-0.2, 0) is 16.0 Å². The zero-order valence-electron chi connectivity index (χ0n) is 28.2. The van der Waals surface area contributed by atoms with Gasteiger partial charge in [-0.1, -0.05) is 30.3 Å². The molecular weight excluding hydrogens is 620 g/mol. The summed E-state index contributed by atoms with van der Waals surface area (Å²) in [5.74, 6) is -0.777. The van der Waals surface area contributed by atoms with Crippen molar-refractivity contribution in [2.45, 2.75) is 71.2 Å². The summed E-state index contributed by atoms with van der Waals surface area (Å²) in [5, 5.41) is 12.8. The molecule has 0 unspecified atom stereocenters. The standard InChI is InChI=1S/C36H47F2N5O5/c1-24(23-44)39-34(45)43(21-26-12-15-41(20-26)35(46)48-36(2,3)4)32(27-13-16-47-17-14-27)33-40-31(29-18-28(37)10-11-30(29)38)22-42(33)19-25-8-6-5-7-9-25/h5-11,18,22,24,26-27,32,44H,12-17,19-21,23H2,1-4H3,(H,39,45)/t24-,26-,32+/m0/s1. The van der Waals surface area contributed by atoms with Gasteiger partial charge in [0.15, 0.2) is 0 Å². The van der Waals surface area contributed by atoms with Crippen molar-refractivity contribution < 1.29 is 33.0 Å². The smallest absolute Gasteiger partial charge is 0.410 e. The molecule has 260 valence electrons. The lowest BCUT2D eigenvalue weighted by Crippen LogP contribution is -2.51. The Balaban J connectivity index is 1.58. The Morgan fingerprint density at radius 2 is 1.85 bits per heavy atom. The number of carbonyl (C=O) groups excluding carboxylic acids is 2. The van der Waals surface area contributed by atoms with Gasteiger partial charge in [0.25, 0.3) is 0 Å². The zero-order chi connectivity index (χ0) is 34.4. The molecule has 2 saturated heterocycles. The Morgan fingerprint density at radius 1 is 1.12 bits per heavy atom. The highest BCUT2D eigenvalue weighted by molar-refractivity contribution is 5.75. The maximum Gasteiger partial charge on any atom is 0.410 e. The van der Waals surface area contributed by atoms with Gasteiger partial charge in [-0.05, 0) is 82.6 Å². The first-order chi connectivity index (χ1) is 22.9. The van der Waals surface area contributed by atoms with E-state index < -0.39 is 35.4 Å². The first-order valence-electron chi connectivity index (χ1n) is 16.7. The van der Waals surface area contributed by atoms with E-state index in [1.165, 1.54) is 0 Å². The fourth-order valence-electron chi connectivity index (χ4n) is 6.45. The molecule has 2 aliphatic rings. The van der Waals surface area contributed by atoms with Crippen LogP contribution in [0.5, 0.6) is 0 Å². The van der Waals surface area contributed by atoms with E-state index >= 15 is 4.39 Å². The topological polar surface area (TPSA) is 109 Å². The molecule has 0 bridgehead atoms. The van der Waals surface area contributed by atoms with Crippen LogP contribution in [0.15, 0.2) is 54.7 Å². The molecule has 48 heavy (non-hydrogen) atoms. The molecule has 2 N–H and O–H groups in total. The van der Waals surface area contributed by atoms with E-state index in [9.17, 15) is 19.1 Å². The van der Waals surface area contributed by atoms with Crippen molar-refractivity contribution in [3.8, 4) is 11.3 Å². The summed E-state index contributed by atoms with van der Waals surface area (Å²) in [6, 6.07) is 11.6. The van der Waals surface area contributed by atoms with Crippen LogP contribution in [0.3, 0.4) is 0 Å². The number of nitrogens with one attached hydrogen (secondary N) is 1. The van der Waals surface area contributed by atoms with Crippen LogP contribution in [0.25, 0.3) is 11.3 Å². The maximum atomic E-state index is 15.2. The highest BCUT2D eigenvalue weighted by Gasteiger charge is 2.40. The Morgan fingerprint density at radius 3 is 2.54 bits per heavy atom. The molecule has 3 heterocycles. The molecule has 0 aliphatic carbocycles. The van der Waals surface area contributed by atoms with Crippen LogP contribution in [-0.4, -0.2) is 87.7 Å². The number of hydrogen-bond donors (Lipinski definition) is 2. The number of hydrogen-bond acceptors (Lipinski definition) is 6. The van der Waals surface area contributed by atoms with Gasteiger partial charge in [0.1, 0.15) is 23.1 Å². The third kappa shape index (κ3) is 8.90. The van der Waals surface area contributed by atoms with Gasteiger partial charge in [-0.25, -0.2) is 23.4 Å². The number of nitrogens with zero attached hydrogens (tertiary/aromatic N) is 4. The van der Waals surface area contributed by atoms with E-state index in [1.807, 2.05) is 55.7 Å². The molecule has 3 atom stereocenters. The van der Waals surface area contributed by atoms with E-state index in [0.717, 1.165) is 23.8 Å². The lowest BCUT2D eigenvalue weighted by atomic mass is 9.89. The van der Waals surface area contributed by atoms with E-state index in [2.05, 4.69) is 5.32 Å². The van der Waals surface area contributed by atoms with Crippen LogP contribution in [0, 0.1) is 23.5 Å². The Kier molecular flexibility index (Phi) is 11.4. The van der Waals surface area contributed by atoms with Crippen molar-refractivity contribution in [2.24, 2.45) is 11.8 Å². The predicted molar refractivity (Wildman–Crippen MR) is 177 cm³/mol. The van der Waals surface area contributed by atoms with E-state index in [1.54, 1.807) is 22.9 Å². The number of likely N-dealkylation sites (tertiary alicyclic amines) is 1. The molecule has 3 amide bonds. The predicted octanol–water partition coefficient (Wildman–Crippen LogP) is 5.99. The molecule has 2 aliphatic heterocycles. The van der Waals surface area contributed by atoms with E-state index in [4.69, 9.17) is 14.5 Å². The number of carbonyl (C=O) groups is 2. The van der Waals surface area contributed by atoms with E-state index in [-0.39, 0.29) is 35.7 Å². The summed E-state index contributed by atoms with van der Waals surface area (Å²) in [6.07, 6.45) is 3.30. The summed E-state index contributed by atoms with van der Waals surface area (Å²) >= 11 is 0. The highest BCUT2D eigenvalue weighted by atomic mass is 19.1. The minimum absolute atomic E-state index is 0.0301. The van der Waals surface area contributed by atoms with Crippen molar-refractivity contribution in [1.82, 2.24) is 24.7 Å². The van der Waals surface area contributed by atoms with Crippen LogP contribution < -0.4 is 5.32 Å². The average molecular weight is 668 g/mol. The summed E-state index contributed by atoms with van der Waals surface area (Å²) in [4.78, 5) is 35.6. The van der Waals surface area contributed by atoms with Crippen molar-refractivity contribution in [3.05, 3.63) is 77.8 Å². The van der Waals surface area contributed by atoms with Crippen molar-refractivity contribution in [3.63, 3.8) is 0 Å². The highest BCUT2D eigenvalue weighted by Crippen LogP contribution is 2.38. The van der Waals surface area contributed by atoms with Gasteiger partial charge in [-0.3, -0.25) is 0 Å². The van der Waals surface area contributed by atoms with Gasteiger partial charge in [0, 0.05) is 51.2 Å². The minimum atomic E-state index is -0.635. The minimum Gasteiger partial charge on any atom is -0.444 e. The number of benzene rings is 2. The van der Waals surface area contributed by atoms with Crippen molar-refractivity contribution in [2.75, 3.05) is 39.5 Å². The van der Waals surface area contributed by atoms with Crippen molar-refractivity contribution >= 4 is 12.1 Å². The fourth-order valence-corrected chi connectivity index (χ4v) is 6.45. The van der Waals surface area contributed by atoms with Gasteiger partial charge >= 0.3 is 12.1 Å². The molecule has 0 saturated carbocycles. The molecule has 0 spiro atoms. The quantitative estimate of drug-likeness (QED) is 0.275. The molecular formula is C36H47F2N5O5. The second kappa shape index (κ2) is 15.5. The number of halogens is 2. The number of ether oxygens (including phenoxy) is 2. The molecule has 5 rings (SSSR count). The van der Waals surface area contributed by atoms with Crippen LogP contribution in [0.2, 0.25) is 0 Å². The Labute approximate surface area is 281 Å². The molecule has 12 heteroatoms. The van der Waals surface area contributed by atoms with Crippen LogP contribution in [0.4, 0.5) is 18.4 Å². The third-order valence-corrected chi connectivity index (χ3v) is 8.82. The average Bonchev–Trinajstić information content (AvgIpc) is 3.69. The van der Waals surface area contributed by atoms with Crippen LogP contribution in [0.1, 0.15) is 64.4 Å². The fraction of sp³-hybridized carbons (Fsp3) is 0.528. The second-order valence-electron chi connectivity index (χ2n) is 13.9. The second-order valence-corrected chi connectivity index (χ2v) is 13.9. The molecule has 1 aromatic heterocycles. The number of rotatable bonds is 10. The molecule has 3 aromatic rings. The van der Waals surface area contributed by atoms with E-state index in [0.29, 0.717) is 64.5 Å². The molecule has 0 radical (unpaired) electrons. The summed E-state index contributed by atoms with van der Waals surface area (Å²) in [5.41, 5.74) is 0.630. The number of urea groups is 1. The van der Waals surface area contributed by atoms with Gasteiger partial charge in [0.2, 0.25) is 0 Å². The van der Waals surface area contributed by atoms with Gasteiger partial charge in [-0.2, -0.15) is 0 Å². The SMILES string of the molecule is C[C@@H](CO)NC(=O)N(C[C@H]1CCN(C(=O)OC(C)(C)C)C1)[C@@H](c1nc(-c2cc(F)ccc2F)cn1Cc1ccccc1)C1CCOCC1. The third-order valence-electron chi connectivity index (χ3n) is 8.82. The van der Waals surface area contributed by atoms with Crippen molar-refractivity contribution in [1.29, 1.82) is 0 Å². The zero-order valence-corrected chi connectivity index (χ0v) is 28.2. The summed E-state index contributed by atoms with van der Waals surface area (Å²) in [7, 11) is 0. The largest absolute Gasteiger partial charge is 0.444 e. The normalized spacial score (nSPS) is 18.4. The first-order valence-corrected chi connectivity index (χ1v) is 16.7. The number of amides is 3. The lowest BCUT2D eigenvalue weighted by Gasteiger charge is -2.40. The maximum absolute atomic E-state index is 15.2. The van der Waals surface area contributed by atoms with Crippen LogP contribution >= 0.6 is 0 Å². The number of aromatic nitrogens is 2. The number of imidazole rings is 1. The number of aliphatic hydroxyl groups excluding tert-OH is 1. The summed E-state index contributed by atoms with van der Waals surface area (Å²) < 4.78 is 42.8. The first kappa shape index (κ1) is 35.3. The summed E-state index contributed by atoms with van der Waals surface area (Å²) in [6.45, 7) is 9.55. The van der Waals surface area contributed by atoms with Gasteiger partial charge in [0.05, 0.1) is 24.4 Å².